The Hall–Kier alpha value is -1.95. The Kier molecular flexibility index (Phi) is 1.90. The van der Waals surface area contributed by atoms with Crippen LogP contribution >= 0.6 is 11.3 Å². The van der Waals surface area contributed by atoms with E-state index in [1.54, 1.807) is 31.4 Å². The van der Waals surface area contributed by atoms with Crippen LogP contribution in [0.2, 0.25) is 0 Å². The normalized spacial score (nSPS) is 12.7. The molecule has 0 aliphatic heterocycles. The molecule has 0 fully saturated rings. The molecule has 0 radical (unpaired) electrons. The Morgan fingerprint density at radius 3 is 3.06 bits per heavy atom. The molecular formula is C10H7N3O2S. The molecule has 3 heterocycles. The average molecular weight is 233 g/mol. The molecule has 0 saturated heterocycles. The molecule has 6 heteroatoms. The summed E-state index contributed by atoms with van der Waals surface area (Å²) in [5.74, 6) is 1.27. The lowest BCUT2D eigenvalue weighted by Gasteiger charge is -1.81. The van der Waals surface area contributed by atoms with E-state index in [0.29, 0.717) is 21.1 Å². The van der Waals surface area contributed by atoms with Crippen molar-refractivity contribution in [3.8, 4) is 0 Å². The van der Waals surface area contributed by atoms with E-state index in [-0.39, 0.29) is 5.56 Å². The SMILES string of the molecule is Cc1nnc2s/c(=C\c3ccco3)c(=O)n12. The van der Waals surface area contributed by atoms with Crippen LogP contribution in [0.1, 0.15) is 11.6 Å². The van der Waals surface area contributed by atoms with Gasteiger partial charge in [0.2, 0.25) is 4.96 Å². The summed E-state index contributed by atoms with van der Waals surface area (Å²) in [6, 6.07) is 3.58. The molecule has 0 unspecified atom stereocenters. The van der Waals surface area contributed by atoms with Crippen LogP contribution < -0.4 is 10.1 Å². The Morgan fingerprint density at radius 2 is 2.38 bits per heavy atom. The van der Waals surface area contributed by atoms with Gasteiger partial charge in [0, 0.05) is 6.08 Å². The zero-order chi connectivity index (χ0) is 11.1. The monoisotopic (exact) mass is 233 g/mol. The number of nitrogens with zero attached hydrogens (tertiary/aromatic N) is 3. The summed E-state index contributed by atoms with van der Waals surface area (Å²) >= 11 is 1.30. The predicted octanol–water partition coefficient (Wildman–Crippen LogP) is 0.600. The van der Waals surface area contributed by atoms with Gasteiger partial charge >= 0.3 is 0 Å². The lowest BCUT2D eigenvalue weighted by atomic mass is 10.4. The molecule has 0 amide bonds. The third kappa shape index (κ3) is 1.27. The summed E-state index contributed by atoms with van der Waals surface area (Å²) in [4.78, 5) is 12.6. The zero-order valence-electron chi connectivity index (χ0n) is 8.38. The van der Waals surface area contributed by atoms with E-state index in [1.807, 2.05) is 0 Å². The van der Waals surface area contributed by atoms with Crippen LogP contribution in [0.4, 0.5) is 0 Å². The Labute approximate surface area is 93.7 Å². The number of aryl methyl sites for hydroxylation is 1. The summed E-state index contributed by atoms with van der Waals surface area (Å²) in [7, 11) is 0. The zero-order valence-corrected chi connectivity index (χ0v) is 9.19. The summed E-state index contributed by atoms with van der Waals surface area (Å²) in [6.07, 6.45) is 3.28. The molecule has 16 heavy (non-hydrogen) atoms. The number of rotatable bonds is 1. The highest BCUT2D eigenvalue weighted by atomic mass is 32.1. The van der Waals surface area contributed by atoms with Crippen molar-refractivity contribution < 1.29 is 4.42 Å². The largest absolute Gasteiger partial charge is 0.465 e. The van der Waals surface area contributed by atoms with E-state index in [0.717, 1.165) is 0 Å². The van der Waals surface area contributed by atoms with Gasteiger partial charge in [0.1, 0.15) is 16.1 Å². The molecule has 5 nitrogen and oxygen atoms in total. The highest BCUT2D eigenvalue weighted by Crippen LogP contribution is 2.04. The fraction of sp³-hybridized carbons (Fsp3) is 0.100. The average Bonchev–Trinajstić information content (AvgIpc) is 2.92. The van der Waals surface area contributed by atoms with Crippen molar-refractivity contribution in [3.05, 3.63) is 44.9 Å². The molecule has 0 aliphatic carbocycles. The van der Waals surface area contributed by atoms with Crippen LogP contribution in [0.25, 0.3) is 11.0 Å². The van der Waals surface area contributed by atoms with E-state index in [2.05, 4.69) is 10.2 Å². The van der Waals surface area contributed by atoms with Crippen molar-refractivity contribution in [1.82, 2.24) is 14.6 Å². The third-order valence-corrected chi connectivity index (χ3v) is 3.19. The quantitative estimate of drug-likeness (QED) is 0.617. The van der Waals surface area contributed by atoms with Gasteiger partial charge in [-0.05, 0) is 19.1 Å². The molecule has 3 rings (SSSR count). The Bertz CT molecular complexity index is 739. The minimum atomic E-state index is -0.0982. The molecule has 0 bridgehead atoms. The number of hydrogen-bond donors (Lipinski definition) is 0. The van der Waals surface area contributed by atoms with Gasteiger partial charge in [-0.3, -0.25) is 4.79 Å². The van der Waals surface area contributed by atoms with Crippen LogP contribution in [-0.2, 0) is 0 Å². The fourth-order valence-corrected chi connectivity index (χ4v) is 2.43. The molecule has 0 aromatic carbocycles. The van der Waals surface area contributed by atoms with Crippen molar-refractivity contribution >= 4 is 22.4 Å². The number of fused-ring (bicyclic) bond motifs is 1. The van der Waals surface area contributed by atoms with Crippen molar-refractivity contribution in [3.63, 3.8) is 0 Å². The molecule has 3 aromatic heterocycles. The molecule has 0 spiro atoms. The van der Waals surface area contributed by atoms with Crippen molar-refractivity contribution in [2.45, 2.75) is 6.92 Å². The molecule has 0 N–H and O–H groups in total. The molecule has 0 atom stereocenters. The maximum absolute atomic E-state index is 12.0. The lowest BCUT2D eigenvalue weighted by molar-refractivity contribution is 0.556. The van der Waals surface area contributed by atoms with Gasteiger partial charge in [0.05, 0.1) is 6.26 Å². The minimum absolute atomic E-state index is 0.0982. The first-order valence-corrected chi connectivity index (χ1v) is 5.47. The van der Waals surface area contributed by atoms with Gasteiger partial charge in [0.25, 0.3) is 5.56 Å². The van der Waals surface area contributed by atoms with E-state index in [4.69, 9.17) is 4.42 Å². The molecule has 0 saturated carbocycles. The predicted molar refractivity (Wildman–Crippen MR) is 59.4 cm³/mol. The van der Waals surface area contributed by atoms with Gasteiger partial charge in [-0.2, -0.15) is 0 Å². The van der Waals surface area contributed by atoms with Gasteiger partial charge in [0.15, 0.2) is 0 Å². The summed E-state index contributed by atoms with van der Waals surface area (Å²) in [5, 5.41) is 7.75. The third-order valence-electron chi connectivity index (χ3n) is 2.23. The molecule has 3 aromatic rings. The van der Waals surface area contributed by atoms with Gasteiger partial charge in [-0.15, -0.1) is 10.2 Å². The molecular weight excluding hydrogens is 226 g/mol. The summed E-state index contributed by atoms with van der Waals surface area (Å²) < 4.78 is 7.26. The molecule has 80 valence electrons. The van der Waals surface area contributed by atoms with Crippen LogP contribution in [0.15, 0.2) is 27.6 Å². The van der Waals surface area contributed by atoms with Crippen LogP contribution in [0, 0.1) is 6.92 Å². The van der Waals surface area contributed by atoms with Gasteiger partial charge in [-0.1, -0.05) is 11.3 Å². The second-order valence-electron chi connectivity index (χ2n) is 3.30. The van der Waals surface area contributed by atoms with E-state index in [1.165, 1.54) is 15.7 Å². The second-order valence-corrected chi connectivity index (χ2v) is 4.31. The second kappa shape index (κ2) is 3.28. The standard InChI is InChI=1S/C10H7N3O2S/c1-6-11-12-10-13(6)9(14)8(16-10)5-7-3-2-4-15-7/h2-5H,1H3/b8-5-. The topological polar surface area (TPSA) is 60.4 Å². The lowest BCUT2D eigenvalue weighted by Crippen LogP contribution is -2.23. The summed E-state index contributed by atoms with van der Waals surface area (Å²) in [5.41, 5.74) is -0.0982. The van der Waals surface area contributed by atoms with E-state index in [9.17, 15) is 4.79 Å². The number of furan rings is 1. The number of thiazole rings is 1. The van der Waals surface area contributed by atoms with E-state index < -0.39 is 0 Å². The highest BCUT2D eigenvalue weighted by Gasteiger charge is 2.08. The van der Waals surface area contributed by atoms with Crippen molar-refractivity contribution in [2.75, 3.05) is 0 Å². The Morgan fingerprint density at radius 1 is 1.50 bits per heavy atom. The van der Waals surface area contributed by atoms with Crippen molar-refractivity contribution in [1.29, 1.82) is 0 Å². The fourth-order valence-electron chi connectivity index (χ4n) is 1.49. The maximum atomic E-state index is 12.0. The smallest absolute Gasteiger partial charge is 0.276 e. The van der Waals surface area contributed by atoms with E-state index >= 15 is 0 Å². The minimum Gasteiger partial charge on any atom is -0.465 e. The highest BCUT2D eigenvalue weighted by molar-refractivity contribution is 7.15. The van der Waals surface area contributed by atoms with Crippen LogP contribution in [0.5, 0.6) is 0 Å². The van der Waals surface area contributed by atoms with Gasteiger partial charge in [-0.25, -0.2) is 4.40 Å². The maximum Gasteiger partial charge on any atom is 0.276 e. The number of hydrogen-bond acceptors (Lipinski definition) is 5. The first kappa shape index (κ1) is 9.29. The summed E-state index contributed by atoms with van der Waals surface area (Å²) in [6.45, 7) is 1.75. The van der Waals surface area contributed by atoms with Crippen LogP contribution in [-0.4, -0.2) is 14.6 Å². The Balaban J connectivity index is 2.33. The first-order valence-electron chi connectivity index (χ1n) is 4.65. The number of aromatic nitrogens is 3. The first-order chi connectivity index (χ1) is 7.75. The van der Waals surface area contributed by atoms with Crippen LogP contribution in [0.3, 0.4) is 0 Å². The van der Waals surface area contributed by atoms with Crippen molar-refractivity contribution in [2.24, 2.45) is 0 Å². The van der Waals surface area contributed by atoms with Gasteiger partial charge < -0.3 is 4.42 Å². The molecule has 0 aliphatic rings.